The zero-order valence-electron chi connectivity index (χ0n) is 20.7. The molecule has 0 radical (unpaired) electrons. The summed E-state index contributed by atoms with van der Waals surface area (Å²) >= 11 is 0. The number of rotatable bonds is 10. The Hall–Kier alpha value is -2.67. The van der Waals surface area contributed by atoms with E-state index in [1.54, 1.807) is 0 Å². The number of hydrogen-bond donors (Lipinski definition) is 1. The Kier molecular flexibility index (Phi) is 8.38. The molecule has 0 amide bonds. The summed E-state index contributed by atoms with van der Waals surface area (Å²) in [6, 6.07) is 20.6. The number of aryl methyl sites for hydroxylation is 1. The average Bonchev–Trinajstić information content (AvgIpc) is 3.22. The highest BCUT2D eigenvalue weighted by atomic mass is 16.5. The van der Waals surface area contributed by atoms with Gasteiger partial charge in [0.2, 0.25) is 0 Å². The fraction of sp³-hybridized carbons (Fsp3) is 0.464. The van der Waals surface area contributed by atoms with Gasteiger partial charge in [-0.05, 0) is 49.6 Å². The zero-order valence-corrected chi connectivity index (χ0v) is 20.7. The second-order valence-corrected chi connectivity index (χ2v) is 9.83. The van der Waals surface area contributed by atoms with Gasteiger partial charge in [0.1, 0.15) is 18.5 Å². The molecule has 3 aromatic rings. The summed E-state index contributed by atoms with van der Waals surface area (Å²) in [5, 5.41) is 15.4. The van der Waals surface area contributed by atoms with Crippen molar-refractivity contribution in [2.24, 2.45) is 5.92 Å². The summed E-state index contributed by atoms with van der Waals surface area (Å²) in [6.45, 7) is 12.2. The smallest absolute Gasteiger partial charge is 0.119 e. The molecule has 6 heteroatoms. The highest BCUT2D eigenvalue weighted by Gasteiger charge is 2.21. The number of nitrogens with zero attached hydrogens (tertiary/aromatic N) is 4. The van der Waals surface area contributed by atoms with E-state index in [2.05, 4.69) is 65.6 Å². The van der Waals surface area contributed by atoms with Crippen molar-refractivity contribution < 1.29 is 9.84 Å². The molecule has 1 atom stereocenters. The van der Waals surface area contributed by atoms with E-state index < -0.39 is 6.10 Å². The van der Waals surface area contributed by atoms with Crippen LogP contribution in [0.1, 0.15) is 30.8 Å². The number of β-amino-alcohol motifs (C(OH)–C–C–N with tert-alkyl or cyclic N) is 1. The molecule has 1 aliphatic rings. The van der Waals surface area contributed by atoms with Gasteiger partial charge in [0, 0.05) is 45.0 Å². The minimum absolute atomic E-state index is 0.318. The lowest BCUT2D eigenvalue weighted by molar-refractivity contribution is 0.0444. The van der Waals surface area contributed by atoms with Crippen molar-refractivity contribution in [1.82, 2.24) is 19.6 Å². The van der Waals surface area contributed by atoms with Crippen LogP contribution >= 0.6 is 0 Å². The van der Waals surface area contributed by atoms with Gasteiger partial charge in [-0.3, -0.25) is 9.80 Å². The highest BCUT2D eigenvalue weighted by molar-refractivity contribution is 5.33. The van der Waals surface area contributed by atoms with E-state index in [9.17, 15) is 5.11 Å². The molecule has 0 spiro atoms. The van der Waals surface area contributed by atoms with Gasteiger partial charge in [-0.25, -0.2) is 4.68 Å². The van der Waals surface area contributed by atoms with Crippen LogP contribution in [0.2, 0.25) is 0 Å². The van der Waals surface area contributed by atoms with Gasteiger partial charge >= 0.3 is 0 Å². The molecule has 1 aliphatic heterocycles. The normalized spacial score (nSPS) is 16.1. The third kappa shape index (κ3) is 6.92. The summed E-state index contributed by atoms with van der Waals surface area (Å²) in [5.41, 5.74) is 4.72. The van der Waals surface area contributed by atoms with Crippen molar-refractivity contribution in [3.05, 3.63) is 77.6 Å². The van der Waals surface area contributed by atoms with E-state index in [1.165, 1.54) is 11.3 Å². The molecule has 182 valence electrons. The summed E-state index contributed by atoms with van der Waals surface area (Å²) in [4.78, 5) is 4.79. The topological polar surface area (TPSA) is 53.8 Å². The van der Waals surface area contributed by atoms with Crippen LogP contribution in [0.5, 0.6) is 5.75 Å². The molecule has 0 bridgehead atoms. The van der Waals surface area contributed by atoms with Crippen molar-refractivity contribution in [2.75, 3.05) is 39.3 Å². The number of piperazine rings is 1. The first-order chi connectivity index (χ1) is 16.5. The second-order valence-electron chi connectivity index (χ2n) is 9.83. The molecule has 2 aromatic carbocycles. The van der Waals surface area contributed by atoms with Crippen molar-refractivity contribution in [3.63, 3.8) is 0 Å². The Morgan fingerprint density at radius 2 is 1.62 bits per heavy atom. The summed E-state index contributed by atoms with van der Waals surface area (Å²) in [7, 11) is 0. The SMILES string of the molecule is Cc1ccc(OC[C@@H](O)CN2CCN(Cc3cc(CC(C)C)n(-c4ccccc4)n3)CC2)cc1. The van der Waals surface area contributed by atoms with Crippen molar-refractivity contribution >= 4 is 0 Å². The maximum absolute atomic E-state index is 10.4. The van der Waals surface area contributed by atoms with Gasteiger partial charge in [-0.15, -0.1) is 0 Å². The first-order valence-electron chi connectivity index (χ1n) is 12.4. The lowest BCUT2D eigenvalue weighted by Gasteiger charge is -2.35. The van der Waals surface area contributed by atoms with Crippen LogP contribution in [-0.2, 0) is 13.0 Å². The fourth-order valence-corrected chi connectivity index (χ4v) is 4.45. The number of benzene rings is 2. The van der Waals surface area contributed by atoms with Gasteiger partial charge in [-0.1, -0.05) is 49.7 Å². The maximum Gasteiger partial charge on any atom is 0.119 e. The quantitative estimate of drug-likeness (QED) is 0.495. The number of para-hydroxylation sites is 1. The van der Waals surface area contributed by atoms with E-state index in [0.717, 1.165) is 56.3 Å². The monoisotopic (exact) mass is 462 g/mol. The molecule has 34 heavy (non-hydrogen) atoms. The van der Waals surface area contributed by atoms with Crippen molar-refractivity contribution in [2.45, 2.75) is 39.8 Å². The lowest BCUT2D eigenvalue weighted by Crippen LogP contribution is -2.48. The molecule has 1 N–H and O–H groups in total. The molecular weight excluding hydrogens is 424 g/mol. The third-order valence-electron chi connectivity index (χ3n) is 6.23. The number of ether oxygens (including phenoxy) is 1. The minimum Gasteiger partial charge on any atom is -0.491 e. The maximum atomic E-state index is 10.4. The van der Waals surface area contributed by atoms with Crippen LogP contribution in [0.3, 0.4) is 0 Å². The van der Waals surface area contributed by atoms with Crippen LogP contribution in [-0.4, -0.2) is 70.1 Å². The summed E-state index contributed by atoms with van der Waals surface area (Å²) in [5.74, 6) is 1.39. The van der Waals surface area contributed by atoms with E-state index >= 15 is 0 Å². The van der Waals surface area contributed by atoms with Gasteiger partial charge in [0.05, 0.1) is 11.4 Å². The largest absolute Gasteiger partial charge is 0.491 e. The molecule has 2 heterocycles. The van der Waals surface area contributed by atoms with E-state index in [4.69, 9.17) is 9.84 Å². The number of aliphatic hydroxyl groups is 1. The Balaban J connectivity index is 1.26. The van der Waals surface area contributed by atoms with Crippen LogP contribution in [0, 0.1) is 12.8 Å². The Morgan fingerprint density at radius 3 is 2.29 bits per heavy atom. The molecule has 1 aromatic heterocycles. The predicted octanol–water partition coefficient (Wildman–Crippen LogP) is 3.94. The molecule has 1 fully saturated rings. The molecule has 0 aliphatic carbocycles. The Bertz CT molecular complexity index is 1010. The second kappa shape index (κ2) is 11.6. The molecule has 0 saturated carbocycles. The van der Waals surface area contributed by atoms with Crippen LogP contribution < -0.4 is 4.74 Å². The number of aromatic nitrogens is 2. The molecule has 1 saturated heterocycles. The first-order valence-corrected chi connectivity index (χ1v) is 12.4. The van der Waals surface area contributed by atoms with Gasteiger partial charge in [-0.2, -0.15) is 5.10 Å². The Labute approximate surface area is 203 Å². The van der Waals surface area contributed by atoms with Gasteiger partial charge < -0.3 is 9.84 Å². The van der Waals surface area contributed by atoms with E-state index in [0.29, 0.717) is 19.1 Å². The van der Waals surface area contributed by atoms with Crippen LogP contribution in [0.15, 0.2) is 60.7 Å². The van der Waals surface area contributed by atoms with Crippen molar-refractivity contribution in [3.8, 4) is 11.4 Å². The van der Waals surface area contributed by atoms with E-state index in [1.807, 2.05) is 30.3 Å². The molecule has 6 nitrogen and oxygen atoms in total. The fourth-order valence-electron chi connectivity index (χ4n) is 4.45. The summed E-state index contributed by atoms with van der Waals surface area (Å²) in [6.07, 6.45) is 0.520. The summed E-state index contributed by atoms with van der Waals surface area (Å²) < 4.78 is 7.85. The van der Waals surface area contributed by atoms with Gasteiger partial charge in [0.25, 0.3) is 0 Å². The lowest BCUT2D eigenvalue weighted by atomic mass is 10.1. The zero-order chi connectivity index (χ0) is 23.9. The highest BCUT2D eigenvalue weighted by Crippen LogP contribution is 2.18. The Morgan fingerprint density at radius 1 is 0.941 bits per heavy atom. The molecule has 0 unspecified atom stereocenters. The van der Waals surface area contributed by atoms with Crippen molar-refractivity contribution in [1.29, 1.82) is 0 Å². The molecule has 4 rings (SSSR count). The minimum atomic E-state index is -0.493. The standard InChI is InChI=1S/C28H38N4O2/c1-22(2)17-26-18-24(29-32(26)25-7-5-4-6-8-25)19-30-13-15-31(16-14-30)20-27(33)21-34-28-11-9-23(3)10-12-28/h4-12,18,22,27,33H,13-17,19-21H2,1-3H3/t27-/m0/s1. The van der Waals surface area contributed by atoms with Crippen LogP contribution in [0.4, 0.5) is 0 Å². The number of aliphatic hydroxyl groups excluding tert-OH is 1. The first kappa shape index (κ1) is 24.5. The number of hydrogen-bond acceptors (Lipinski definition) is 5. The van der Waals surface area contributed by atoms with Crippen LogP contribution in [0.25, 0.3) is 5.69 Å². The third-order valence-corrected chi connectivity index (χ3v) is 6.23. The molecular formula is C28H38N4O2. The van der Waals surface area contributed by atoms with E-state index in [-0.39, 0.29) is 0 Å². The predicted molar refractivity (Wildman–Crippen MR) is 137 cm³/mol. The van der Waals surface area contributed by atoms with Gasteiger partial charge in [0.15, 0.2) is 0 Å². The average molecular weight is 463 g/mol.